The first kappa shape index (κ1) is 12.2. The average molecular weight is 234 g/mol. The molecule has 0 amide bonds. The first-order valence-corrected chi connectivity index (χ1v) is 6.42. The molecule has 0 radical (unpaired) electrons. The van der Waals surface area contributed by atoms with Crippen LogP contribution in [0, 0.1) is 5.92 Å². The van der Waals surface area contributed by atoms with Crippen molar-refractivity contribution in [3.05, 3.63) is 24.3 Å². The van der Waals surface area contributed by atoms with Gasteiger partial charge in [-0.2, -0.15) is 0 Å². The van der Waals surface area contributed by atoms with Gasteiger partial charge in [-0.15, -0.1) is 0 Å². The molecular weight excluding hydrogens is 212 g/mol. The standard InChI is InChI=1S/C14H22N2O/c1-12(2)11-15-7-9-16(10-8-15)13-5-3-4-6-14(13)17/h3-6,12,17H,7-11H2,1-2H3. The molecule has 1 N–H and O–H groups in total. The summed E-state index contributed by atoms with van der Waals surface area (Å²) in [5.74, 6) is 1.12. The third-order valence-electron chi connectivity index (χ3n) is 3.22. The van der Waals surface area contributed by atoms with E-state index in [1.807, 2.05) is 18.2 Å². The number of phenolic OH excluding ortho intramolecular Hbond substituents is 1. The Morgan fingerprint density at radius 3 is 2.35 bits per heavy atom. The van der Waals surface area contributed by atoms with Crippen molar-refractivity contribution < 1.29 is 5.11 Å². The Bertz CT molecular complexity index is 357. The van der Waals surface area contributed by atoms with E-state index in [-0.39, 0.29) is 0 Å². The maximum atomic E-state index is 9.82. The molecular formula is C14H22N2O. The summed E-state index contributed by atoms with van der Waals surface area (Å²) in [7, 11) is 0. The summed E-state index contributed by atoms with van der Waals surface area (Å²) in [5.41, 5.74) is 0.969. The maximum absolute atomic E-state index is 9.82. The molecule has 1 aliphatic heterocycles. The van der Waals surface area contributed by atoms with Crippen molar-refractivity contribution in [1.29, 1.82) is 0 Å². The summed E-state index contributed by atoms with van der Waals surface area (Å²) in [5, 5.41) is 9.82. The molecule has 2 rings (SSSR count). The van der Waals surface area contributed by atoms with Gasteiger partial charge in [-0.3, -0.25) is 4.90 Å². The zero-order valence-corrected chi connectivity index (χ0v) is 10.8. The van der Waals surface area contributed by atoms with E-state index in [2.05, 4.69) is 23.6 Å². The molecule has 1 saturated heterocycles. The number of benzene rings is 1. The van der Waals surface area contributed by atoms with E-state index in [0.717, 1.165) is 37.8 Å². The van der Waals surface area contributed by atoms with Crippen LogP contribution in [0.5, 0.6) is 5.75 Å². The predicted molar refractivity (Wildman–Crippen MR) is 71.6 cm³/mol. The summed E-state index contributed by atoms with van der Waals surface area (Å²) >= 11 is 0. The van der Waals surface area contributed by atoms with Crippen molar-refractivity contribution in [2.24, 2.45) is 5.92 Å². The maximum Gasteiger partial charge on any atom is 0.138 e. The first-order chi connectivity index (χ1) is 8.16. The fourth-order valence-corrected chi connectivity index (χ4v) is 2.42. The molecule has 3 nitrogen and oxygen atoms in total. The zero-order chi connectivity index (χ0) is 12.3. The van der Waals surface area contributed by atoms with Gasteiger partial charge in [0.15, 0.2) is 0 Å². The van der Waals surface area contributed by atoms with Gasteiger partial charge in [-0.1, -0.05) is 26.0 Å². The molecule has 0 bridgehead atoms. The molecule has 0 unspecified atom stereocenters. The van der Waals surface area contributed by atoms with Crippen LogP contribution in [0.1, 0.15) is 13.8 Å². The second-order valence-corrected chi connectivity index (χ2v) is 5.17. The van der Waals surface area contributed by atoms with Crippen molar-refractivity contribution in [2.45, 2.75) is 13.8 Å². The van der Waals surface area contributed by atoms with Gasteiger partial charge in [0.25, 0.3) is 0 Å². The fourth-order valence-electron chi connectivity index (χ4n) is 2.42. The number of piperazine rings is 1. The lowest BCUT2D eigenvalue weighted by molar-refractivity contribution is 0.231. The van der Waals surface area contributed by atoms with Crippen LogP contribution >= 0.6 is 0 Å². The van der Waals surface area contributed by atoms with Crippen molar-refractivity contribution in [2.75, 3.05) is 37.6 Å². The van der Waals surface area contributed by atoms with Crippen molar-refractivity contribution >= 4 is 5.69 Å². The molecule has 17 heavy (non-hydrogen) atoms. The monoisotopic (exact) mass is 234 g/mol. The SMILES string of the molecule is CC(C)CN1CCN(c2ccccc2O)CC1. The summed E-state index contributed by atoms with van der Waals surface area (Å²) in [6.07, 6.45) is 0. The molecule has 0 aromatic heterocycles. The Labute approximate surface area is 104 Å². The molecule has 1 aromatic rings. The molecule has 0 atom stereocenters. The molecule has 94 valence electrons. The van der Waals surface area contributed by atoms with Gasteiger partial charge >= 0.3 is 0 Å². The van der Waals surface area contributed by atoms with Gasteiger partial charge in [-0.25, -0.2) is 0 Å². The normalized spacial score (nSPS) is 17.7. The number of hydrogen-bond donors (Lipinski definition) is 1. The lowest BCUT2D eigenvalue weighted by Gasteiger charge is -2.37. The van der Waals surface area contributed by atoms with Gasteiger partial charge in [0.1, 0.15) is 5.75 Å². The Balaban J connectivity index is 1.93. The van der Waals surface area contributed by atoms with Gasteiger partial charge in [0, 0.05) is 32.7 Å². The minimum atomic E-state index is 0.393. The van der Waals surface area contributed by atoms with Gasteiger partial charge in [-0.05, 0) is 18.1 Å². The third kappa shape index (κ3) is 3.13. The topological polar surface area (TPSA) is 26.7 Å². The number of para-hydroxylation sites is 2. The lowest BCUT2D eigenvalue weighted by Crippen LogP contribution is -2.47. The van der Waals surface area contributed by atoms with Gasteiger partial charge in [0.2, 0.25) is 0 Å². The van der Waals surface area contributed by atoms with Crippen molar-refractivity contribution in [1.82, 2.24) is 4.90 Å². The Morgan fingerprint density at radius 2 is 1.76 bits per heavy atom. The number of aromatic hydroxyl groups is 1. The Kier molecular flexibility index (Phi) is 3.89. The number of anilines is 1. The smallest absolute Gasteiger partial charge is 0.138 e. The first-order valence-electron chi connectivity index (χ1n) is 6.42. The van der Waals surface area contributed by atoms with Crippen molar-refractivity contribution in [3.8, 4) is 5.75 Å². The van der Waals surface area contributed by atoms with E-state index < -0.39 is 0 Å². The molecule has 1 aromatic carbocycles. The highest BCUT2D eigenvalue weighted by atomic mass is 16.3. The summed E-state index contributed by atoms with van der Waals surface area (Å²) in [4.78, 5) is 4.77. The number of hydrogen-bond acceptors (Lipinski definition) is 3. The van der Waals surface area contributed by atoms with Crippen LogP contribution in [0.15, 0.2) is 24.3 Å². The molecule has 1 heterocycles. The van der Waals surface area contributed by atoms with E-state index in [4.69, 9.17) is 0 Å². The average Bonchev–Trinajstić information content (AvgIpc) is 2.30. The van der Waals surface area contributed by atoms with Crippen LogP contribution in [-0.2, 0) is 0 Å². The minimum absolute atomic E-state index is 0.393. The number of nitrogens with zero attached hydrogens (tertiary/aromatic N) is 2. The van der Waals surface area contributed by atoms with E-state index in [1.165, 1.54) is 6.54 Å². The largest absolute Gasteiger partial charge is 0.506 e. The molecule has 3 heteroatoms. The number of phenols is 1. The van der Waals surface area contributed by atoms with E-state index in [9.17, 15) is 5.11 Å². The fraction of sp³-hybridized carbons (Fsp3) is 0.571. The van der Waals surface area contributed by atoms with Crippen LogP contribution in [0.25, 0.3) is 0 Å². The lowest BCUT2D eigenvalue weighted by atomic mass is 10.2. The Hall–Kier alpha value is -1.22. The zero-order valence-electron chi connectivity index (χ0n) is 10.8. The molecule has 1 aliphatic rings. The Morgan fingerprint density at radius 1 is 1.12 bits per heavy atom. The van der Waals surface area contributed by atoms with Crippen molar-refractivity contribution in [3.63, 3.8) is 0 Å². The summed E-state index contributed by atoms with van der Waals surface area (Å²) in [6.45, 7) is 9.88. The van der Waals surface area contributed by atoms with E-state index >= 15 is 0 Å². The van der Waals surface area contributed by atoms with Gasteiger partial charge in [0.05, 0.1) is 5.69 Å². The van der Waals surface area contributed by atoms with Gasteiger partial charge < -0.3 is 10.0 Å². The van der Waals surface area contributed by atoms with Crippen LogP contribution < -0.4 is 4.90 Å². The minimum Gasteiger partial charge on any atom is -0.506 e. The van der Waals surface area contributed by atoms with E-state index in [1.54, 1.807) is 6.07 Å². The van der Waals surface area contributed by atoms with Crippen LogP contribution in [0.4, 0.5) is 5.69 Å². The quantitative estimate of drug-likeness (QED) is 0.868. The molecule has 1 fully saturated rings. The number of rotatable bonds is 3. The second-order valence-electron chi connectivity index (χ2n) is 5.17. The summed E-state index contributed by atoms with van der Waals surface area (Å²) in [6, 6.07) is 7.60. The highest BCUT2D eigenvalue weighted by molar-refractivity contribution is 5.57. The highest BCUT2D eigenvalue weighted by Crippen LogP contribution is 2.27. The van der Waals surface area contributed by atoms with Crippen LogP contribution in [-0.4, -0.2) is 42.7 Å². The van der Waals surface area contributed by atoms with E-state index in [0.29, 0.717) is 5.75 Å². The second kappa shape index (κ2) is 5.41. The molecule has 0 aliphatic carbocycles. The molecule has 0 spiro atoms. The highest BCUT2D eigenvalue weighted by Gasteiger charge is 2.19. The molecule has 0 saturated carbocycles. The third-order valence-corrected chi connectivity index (χ3v) is 3.22. The van der Waals surface area contributed by atoms with Crippen LogP contribution in [0.3, 0.4) is 0 Å². The van der Waals surface area contributed by atoms with Crippen LogP contribution in [0.2, 0.25) is 0 Å². The summed E-state index contributed by atoms with van der Waals surface area (Å²) < 4.78 is 0. The predicted octanol–water partition coefficient (Wildman–Crippen LogP) is 2.17.